The van der Waals surface area contributed by atoms with E-state index in [9.17, 15) is 9.59 Å². The molecule has 0 radical (unpaired) electrons. The molecule has 3 amide bonds. The van der Waals surface area contributed by atoms with Crippen LogP contribution in [-0.4, -0.2) is 23.6 Å². The van der Waals surface area contributed by atoms with Crippen LogP contribution in [0.3, 0.4) is 0 Å². The highest BCUT2D eigenvalue weighted by molar-refractivity contribution is 9.10. The van der Waals surface area contributed by atoms with Crippen molar-refractivity contribution in [2.24, 2.45) is 0 Å². The monoisotopic (exact) mass is 298 g/mol. The number of halogens is 1. The van der Waals surface area contributed by atoms with Crippen molar-refractivity contribution in [1.82, 2.24) is 10.4 Å². The van der Waals surface area contributed by atoms with Crippen molar-refractivity contribution in [2.45, 2.75) is 13.0 Å². The van der Waals surface area contributed by atoms with Crippen LogP contribution in [0.2, 0.25) is 0 Å². The van der Waals surface area contributed by atoms with Crippen molar-refractivity contribution in [2.75, 3.05) is 6.61 Å². The molecule has 1 aliphatic heterocycles. The van der Waals surface area contributed by atoms with E-state index in [1.807, 2.05) is 12.1 Å². The molecule has 6 heteroatoms. The Morgan fingerprint density at radius 3 is 2.59 bits per heavy atom. The fourth-order valence-corrected chi connectivity index (χ4v) is 1.86. The molecule has 90 valence electrons. The molecule has 1 heterocycles. The summed E-state index contributed by atoms with van der Waals surface area (Å²) in [6, 6.07) is 6.01. The lowest BCUT2D eigenvalue weighted by Gasteiger charge is -2.10. The number of amides is 3. The molecule has 1 fully saturated rings. The number of imide groups is 1. The standard InChI is InChI=1S/C11H11BrN2O3/c1-2-17-14-10(15)9(13-11(14)16)7-3-5-8(12)6-4-7/h3-6,9H,2H2,1H3,(H,13,16). The lowest BCUT2D eigenvalue weighted by atomic mass is 10.1. The second-order valence-electron chi connectivity index (χ2n) is 3.48. The molecule has 0 spiro atoms. The van der Waals surface area contributed by atoms with Crippen LogP contribution in [0.15, 0.2) is 28.7 Å². The molecule has 1 unspecified atom stereocenters. The van der Waals surface area contributed by atoms with E-state index in [0.29, 0.717) is 0 Å². The van der Waals surface area contributed by atoms with E-state index < -0.39 is 12.1 Å². The summed E-state index contributed by atoms with van der Waals surface area (Å²) in [5, 5.41) is 3.34. The van der Waals surface area contributed by atoms with Gasteiger partial charge in [-0.3, -0.25) is 9.63 Å². The average molecular weight is 299 g/mol. The first-order valence-electron chi connectivity index (χ1n) is 5.16. The molecule has 0 aliphatic carbocycles. The number of hydrogen-bond acceptors (Lipinski definition) is 3. The predicted molar refractivity (Wildman–Crippen MR) is 63.9 cm³/mol. The van der Waals surface area contributed by atoms with Crippen molar-refractivity contribution >= 4 is 27.9 Å². The number of carbonyl (C=O) groups excluding carboxylic acids is 2. The first-order valence-corrected chi connectivity index (χ1v) is 5.95. The third-order valence-corrected chi connectivity index (χ3v) is 2.89. The Morgan fingerprint density at radius 2 is 2.00 bits per heavy atom. The Hall–Kier alpha value is -1.40. The van der Waals surface area contributed by atoms with E-state index in [4.69, 9.17) is 4.84 Å². The van der Waals surface area contributed by atoms with Gasteiger partial charge >= 0.3 is 6.03 Å². The molecule has 1 N–H and O–H groups in total. The molecule has 0 saturated carbocycles. The lowest BCUT2D eigenvalue weighted by Crippen LogP contribution is -2.31. The van der Waals surface area contributed by atoms with Gasteiger partial charge in [0.2, 0.25) is 0 Å². The Bertz CT molecular complexity index is 447. The molecule has 0 bridgehead atoms. The number of rotatable bonds is 3. The topological polar surface area (TPSA) is 58.6 Å². The first kappa shape index (κ1) is 12.1. The highest BCUT2D eigenvalue weighted by Crippen LogP contribution is 2.23. The zero-order valence-corrected chi connectivity index (χ0v) is 10.7. The van der Waals surface area contributed by atoms with Crippen molar-refractivity contribution in [3.8, 4) is 0 Å². The quantitative estimate of drug-likeness (QED) is 0.868. The fourth-order valence-electron chi connectivity index (χ4n) is 1.59. The summed E-state index contributed by atoms with van der Waals surface area (Å²) in [7, 11) is 0. The SMILES string of the molecule is CCON1C(=O)NC(c2ccc(Br)cc2)C1=O. The maximum atomic E-state index is 11.9. The molecule has 17 heavy (non-hydrogen) atoms. The molecule has 2 rings (SSSR count). The molecular formula is C11H11BrN2O3. The minimum absolute atomic E-state index is 0.270. The number of urea groups is 1. The lowest BCUT2D eigenvalue weighted by molar-refractivity contribution is -0.162. The third-order valence-electron chi connectivity index (χ3n) is 2.36. The van der Waals surface area contributed by atoms with Crippen LogP contribution in [0.1, 0.15) is 18.5 Å². The Kier molecular flexibility index (Phi) is 3.44. The molecule has 1 aromatic carbocycles. The van der Waals surface area contributed by atoms with Gasteiger partial charge in [-0.1, -0.05) is 28.1 Å². The summed E-state index contributed by atoms with van der Waals surface area (Å²) in [5.74, 6) is -0.390. The van der Waals surface area contributed by atoms with Gasteiger partial charge in [-0.05, 0) is 24.6 Å². The normalized spacial score (nSPS) is 19.6. The van der Waals surface area contributed by atoms with E-state index in [0.717, 1.165) is 15.1 Å². The minimum Gasteiger partial charge on any atom is -0.320 e. The van der Waals surface area contributed by atoms with Crippen molar-refractivity contribution in [3.63, 3.8) is 0 Å². The summed E-state index contributed by atoms with van der Waals surface area (Å²) < 4.78 is 0.916. The molecule has 0 aromatic heterocycles. The highest BCUT2D eigenvalue weighted by atomic mass is 79.9. The van der Waals surface area contributed by atoms with E-state index in [1.165, 1.54) is 0 Å². The van der Waals surface area contributed by atoms with Gasteiger partial charge in [0.05, 0.1) is 6.61 Å². The van der Waals surface area contributed by atoms with Crippen LogP contribution in [0.25, 0.3) is 0 Å². The largest absolute Gasteiger partial charge is 0.349 e. The Labute approximate surface area is 107 Å². The van der Waals surface area contributed by atoms with Gasteiger partial charge in [0.15, 0.2) is 0 Å². The van der Waals surface area contributed by atoms with Crippen molar-refractivity contribution < 1.29 is 14.4 Å². The number of hydrogen-bond donors (Lipinski definition) is 1. The number of nitrogens with one attached hydrogen (secondary N) is 1. The van der Waals surface area contributed by atoms with Gasteiger partial charge in [-0.2, -0.15) is 0 Å². The van der Waals surface area contributed by atoms with Crippen LogP contribution < -0.4 is 5.32 Å². The van der Waals surface area contributed by atoms with E-state index in [1.54, 1.807) is 19.1 Å². The van der Waals surface area contributed by atoms with Gasteiger partial charge in [0.25, 0.3) is 5.91 Å². The van der Waals surface area contributed by atoms with E-state index in [2.05, 4.69) is 21.2 Å². The zero-order chi connectivity index (χ0) is 12.4. The van der Waals surface area contributed by atoms with Gasteiger partial charge in [0.1, 0.15) is 6.04 Å². The number of benzene rings is 1. The first-order chi connectivity index (χ1) is 8.13. The van der Waals surface area contributed by atoms with Gasteiger partial charge < -0.3 is 5.32 Å². The molecule has 1 aromatic rings. The fraction of sp³-hybridized carbons (Fsp3) is 0.273. The summed E-state index contributed by atoms with van der Waals surface area (Å²) in [5.41, 5.74) is 0.730. The number of hydroxylamine groups is 2. The Morgan fingerprint density at radius 1 is 1.35 bits per heavy atom. The van der Waals surface area contributed by atoms with Crippen molar-refractivity contribution in [1.29, 1.82) is 0 Å². The summed E-state index contributed by atoms with van der Waals surface area (Å²) in [4.78, 5) is 28.3. The molecular weight excluding hydrogens is 288 g/mol. The summed E-state index contributed by atoms with van der Waals surface area (Å²) in [6.07, 6.45) is 0. The van der Waals surface area contributed by atoms with Gasteiger partial charge in [0, 0.05) is 4.47 Å². The Balaban J connectivity index is 2.21. The van der Waals surface area contributed by atoms with Crippen LogP contribution in [0, 0.1) is 0 Å². The van der Waals surface area contributed by atoms with Crippen LogP contribution in [0.5, 0.6) is 0 Å². The molecule has 1 saturated heterocycles. The van der Waals surface area contributed by atoms with Gasteiger partial charge in [-0.15, -0.1) is 5.06 Å². The number of nitrogens with zero attached hydrogens (tertiary/aromatic N) is 1. The maximum absolute atomic E-state index is 11.9. The average Bonchev–Trinajstić information content (AvgIpc) is 2.59. The van der Waals surface area contributed by atoms with Crippen LogP contribution in [0.4, 0.5) is 4.79 Å². The molecule has 1 aliphatic rings. The van der Waals surface area contributed by atoms with Crippen LogP contribution >= 0.6 is 15.9 Å². The maximum Gasteiger partial charge on any atom is 0.349 e. The molecule has 5 nitrogen and oxygen atoms in total. The minimum atomic E-state index is -0.665. The summed E-state index contributed by atoms with van der Waals surface area (Å²) >= 11 is 3.31. The third kappa shape index (κ3) is 2.32. The predicted octanol–water partition coefficient (Wildman–Crippen LogP) is 1.99. The van der Waals surface area contributed by atoms with Crippen LogP contribution in [-0.2, 0) is 9.63 Å². The zero-order valence-electron chi connectivity index (χ0n) is 9.14. The van der Waals surface area contributed by atoms with E-state index in [-0.39, 0.29) is 12.5 Å². The van der Waals surface area contributed by atoms with E-state index >= 15 is 0 Å². The summed E-state index contributed by atoms with van der Waals surface area (Å²) in [6.45, 7) is 1.99. The van der Waals surface area contributed by atoms with Crippen molar-refractivity contribution in [3.05, 3.63) is 34.3 Å². The second-order valence-corrected chi connectivity index (χ2v) is 4.40. The van der Waals surface area contributed by atoms with Gasteiger partial charge in [-0.25, -0.2) is 4.79 Å². The number of carbonyl (C=O) groups is 2. The highest BCUT2D eigenvalue weighted by Gasteiger charge is 2.39. The smallest absolute Gasteiger partial charge is 0.320 e. The second kappa shape index (κ2) is 4.85. The molecule has 1 atom stereocenters.